The number of hydrogen-bond acceptors (Lipinski definition) is 12. The Bertz CT molecular complexity index is 2760. The number of carbonyl (C=O) groups is 4. The fourth-order valence-corrected chi connectivity index (χ4v) is 8.66. The number of ether oxygens (including phenoxy) is 8. The van der Waals surface area contributed by atoms with E-state index in [-0.39, 0.29) is 91.8 Å². The van der Waals surface area contributed by atoms with E-state index in [1.165, 1.54) is 48.5 Å². The largest absolute Gasteiger partial charge is 0.457 e. The van der Waals surface area contributed by atoms with Crippen molar-refractivity contribution in [2.75, 3.05) is 0 Å². The Morgan fingerprint density at radius 1 is 0.264 bits per heavy atom. The highest BCUT2D eigenvalue weighted by atomic mass is 35.5. The Labute approximate surface area is 432 Å². The molecule has 8 aromatic carbocycles. The zero-order chi connectivity index (χ0) is 50.1. The summed E-state index contributed by atoms with van der Waals surface area (Å²) in [5.74, 6) is 3.99. The molecule has 1 heterocycles. The highest BCUT2D eigenvalue weighted by Gasteiger charge is 2.20. The van der Waals surface area contributed by atoms with Crippen molar-refractivity contribution >= 4 is 71.5 Å². The molecule has 0 spiro atoms. The lowest BCUT2D eigenvalue weighted by Gasteiger charge is -2.18. The molecule has 0 saturated carbocycles. The van der Waals surface area contributed by atoms with Gasteiger partial charge in [-0.25, -0.2) is 0 Å². The molecule has 0 saturated heterocycles. The number of benzene rings is 8. The number of halogens is 4. The minimum atomic E-state index is -0.0648. The predicted octanol–water partition coefficient (Wildman–Crippen LogP) is 16.5. The minimum Gasteiger partial charge on any atom is -0.457 e. The fraction of sp³-hybridized carbons (Fsp3) is 0.0714. The first-order chi connectivity index (χ1) is 35.2. The fourth-order valence-electron chi connectivity index (χ4n) is 7.61. The average Bonchev–Trinajstić information content (AvgIpc) is 3.38. The van der Waals surface area contributed by atoms with Crippen molar-refractivity contribution < 1.29 is 57.1 Å². The highest BCUT2D eigenvalue weighted by Crippen LogP contribution is 2.44. The summed E-state index contributed by atoms with van der Waals surface area (Å²) in [5.41, 5.74) is 2.72. The van der Waals surface area contributed by atoms with Gasteiger partial charge in [-0.1, -0.05) is 24.3 Å². The molecule has 9 rings (SSSR count). The molecule has 0 unspecified atom stereocenters. The van der Waals surface area contributed by atoms with Gasteiger partial charge in [0.1, 0.15) is 117 Å². The summed E-state index contributed by atoms with van der Waals surface area (Å²) in [7, 11) is 0. The van der Waals surface area contributed by atoms with Crippen LogP contribution in [0, 0.1) is 0 Å². The summed E-state index contributed by atoms with van der Waals surface area (Å²) in [5, 5.41) is 0. The van der Waals surface area contributed by atoms with Gasteiger partial charge in [0.15, 0.2) is 0 Å². The summed E-state index contributed by atoms with van der Waals surface area (Å²) in [6, 6.07) is 38.9. The molecule has 72 heavy (non-hydrogen) atoms. The number of carbonyl (C=O) groups excluding carboxylic acids is 4. The van der Waals surface area contributed by atoms with Gasteiger partial charge in [0.2, 0.25) is 0 Å². The van der Waals surface area contributed by atoms with Crippen LogP contribution in [0.2, 0.25) is 0 Å². The Hall–Kier alpha value is -8.00. The number of rotatable bonds is 8. The van der Waals surface area contributed by atoms with Crippen molar-refractivity contribution in [3.05, 3.63) is 190 Å². The van der Waals surface area contributed by atoms with Gasteiger partial charge in [-0.15, -0.1) is 46.4 Å². The lowest BCUT2D eigenvalue weighted by molar-refractivity contribution is 0.111. The third-order valence-corrected chi connectivity index (χ3v) is 11.9. The van der Waals surface area contributed by atoms with E-state index in [2.05, 4.69) is 0 Å². The second-order valence-corrected chi connectivity index (χ2v) is 16.8. The summed E-state index contributed by atoms with van der Waals surface area (Å²) >= 11 is 26.2. The maximum absolute atomic E-state index is 12.3. The van der Waals surface area contributed by atoms with E-state index in [4.69, 9.17) is 84.3 Å². The molecule has 0 aromatic heterocycles. The zero-order valence-electron chi connectivity index (χ0n) is 37.4. The van der Waals surface area contributed by atoms with Gasteiger partial charge in [-0.05, 0) is 97.1 Å². The Balaban J connectivity index is 1.16. The van der Waals surface area contributed by atoms with Gasteiger partial charge >= 0.3 is 0 Å². The normalized spacial score (nSPS) is 11.8. The van der Waals surface area contributed by atoms with Crippen molar-refractivity contribution in [1.29, 1.82) is 0 Å². The lowest BCUT2D eigenvalue weighted by atomic mass is 10.1. The van der Waals surface area contributed by atoms with E-state index in [1.54, 1.807) is 97.1 Å². The molecule has 0 fully saturated rings. The minimum absolute atomic E-state index is 0.0648. The summed E-state index contributed by atoms with van der Waals surface area (Å²) < 4.78 is 50.9. The second-order valence-electron chi connectivity index (χ2n) is 15.7. The molecule has 1 aliphatic heterocycles. The third-order valence-electron chi connectivity index (χ3n) is 10.9. The van der Waals surface area contributed by atoms with Crippen LogP contribution in [0.1, 0.15) is 63.7 Å². The molecule has 0 N–H and O–H groups in total. The zero-order valence-corrected chi connectivity index (χ0v) is 40.4. The average molecular weight is 1040 g/mol. The van der Waals surface area contributed by atoms with E-state index in [1.807, 2.05) is 0 Å². The van der Waals surface area contributed by atoms with Crippen molar-refractivity contribution in [1.82, 2.24) is 0 Å². The van der Waals surface area contributed by atoms with Gasteiger partial charge in [-0.3, -0.25) is 19.2 Å². The van der Waals surface area contributed by atoms with Crippen LogP contribution in [0.3, 0.4) is 0 Å². The van der Waals surface area contributed by atoms with Gasteiger partial charge in [0, 0.05) is 46.5 Å². The Morgan fingerprint density at radius 3 is 0.542 bits per heavy atom. The molecule has 16 heteroatoms. The Kier molecular flexibility index (Phi) is 15.2. The Morgan fingerprint density at radius 2 is 0.417 bits per heavy atom. The quantitative estimate of drug-likeness (QED) is 0.106. The maximum atomic E-state index is 12.3. The van der Waals surface area contributed by atoms with Crippen molar-refractivity contribution in [2.45, 2.75) is 23.5 Å². The van der Waals surface area contributed by atoms with Gasteiger partial charge in [-0.2, -0.15) is 0 Å². The van der Waals surface area contributed by atoms with Crippen LogP contribution in [0.15, 0.2) is 146 Å². The molecular weight excluding hydrogens is 1010 g/mol. The van der Waals surface area contributed by atoms with E-state index in [9.17, 15) is 19.2 Å². The van der Waals surface area contributed by atoms with Crippen LogP contribution in [0.5, 0.6) is 92.0 Å². The van der Waals surface area contributed by atoms with Crippen LogP contribution in [-0.2, 0) is 23.5 Å². The van der Waals surface area contributed by atoms with Gasteiger partial charge < -0.3 is 37.9 Å². The predicted molar refractivity (Wildman–Crippen MR) is 272 cm³/mol. The standard InChI is InChI=1S/C56H36Cl4O12/c57-25-45-49-5-1-6-50(45)66-38-14-34(30-62)16-40(22-38)68-52-8-3-10-54(47(52)27-59)70-42-18-36(32-64)20-44(24-42)72-56-12-4-11-55(48(56)28-60)71-43-19-35(31-63)17-41(23-43)69-53-9-2-7-51(46(53)26-58)67-39-15-33(29-61)13-37(21-39)65-49/h1-24,29-32H,25-28H2. The smallest absolute Gasteiger partial charge is 0.150 e. The van der Waals surface area contributed by atoms with Crippen LogP contribution < -0.4 is 37.9 Å². The third kappa shape index (κ3) is 11.1. The monoisotopic (exact) mass is 1040 g/mol. The van der Waals surface area contributed by atoms with E-state index >= 15 is 0 Å². The summed E-state index contributed by atoms with van der Waals surface area (Å²) in [6.07, 6.45) is 2.61. The summed E-state index contributed by atoms with van der Waals surface area (Å²) in [6.45, 7) is 0. The SMILES string of the molecule is O=Cc1cc2cc(c1)Oc1cccc(c1CCl)Oc1cc(C=O)cc(c1)Oc1cccc(c1CCl)Oc1cc(C=O)cc(c1)Oc1cccc(c1CCl)Oc1cc(C=O)cc(c1)Oc1cccc(c1CCl)O2. The first kappa shape index (κ1) is 49.0. The first-order valence-electron chi connectivity index (χ1n) is 21.8. The van der Waals surface area contributed by atoms with Crippen molar-refractivity contribution in [2.24, 2.45) is 0 Å². The van der Waals surface area contributed by atoms with Gasteiger partial charge in [0.25, 0.3) is 0 Å². The van der Waals surface area contributed by atoms with E-state index in [0.717, 1.165) is 0 Å². The van der Waals surface area contributed by atoms with Crippen LogP contribution in [0.25, 0.3) is 0 Å². The summed E-state index contributed by atoms with van der Waals surface area (Å²) in [4.78, 5) is 49.1. The molecule has 0 radical (unpaired) electrons. The topological polar surface area (TPSA) is 142 Å². The molecule has 0 atom stereocenters. The lowest BCUT2D eigenvalue weighted by Crippen LogP contribution is -1.99. The highest BCUT2D eigenvalue weighted by molar-refractivity contribution is 6.18. The molecule has 360 valence electrons. The maximum Gasteiger partial charge on any atom is 0.150 e. The molecular formula is C56H36Cl4O12. The number of alkyl halides is 4. The van der Waals surface area contributed by atoms with Crippen LogP contribution in [0.4, 0.5) is 0 Å². The first-order valence-corrected chi connectivity index (χ1v) is 23.9. The molecule has 8 aromatic rings. The van der Waals surface area contributed by atoms with Crippen LogP contribution in [-0.4, -0.2) is 25.1 Å². The van der Waals surface area contributed by atoms with E-state index < -0.39 is 0 Å². The van der Waals surface area contributed by atoms with Crippen molar-refractivity contribution in [3.63, 3.8) is 0 Å². The number of hydrogen-bond donors (Lipinski definition) is 0. The molecule has 0 amide bonds. The number of fused-ring (bicyclic) bond motifs is 16. The van der Waals surface area contributed by atoms with Crippen molar-refractivity contribution in [3.8, 4) is 92.0 Å². The molecule has 12 nitrogen and oxygen atoms in total. The molecule has 1 aliphatic rings. The molecule has 16 bridgehead atoms. The van der Waals surface area contributed by atoms with E-state index in [0.29, 0.717) is 93.4 Å². The van der Waals surface area contributed by atoms with Crippen LogP contribution >= 0.6 is 46.4 Å². The van der Waals surface area contributed by atoms with Gasteiger partial charge in [0.05, 0.1) is 45.8 Å². The molecule has 0 aliphatic carbocycles. The number of aldehydes is 4. The second kappa shape index (κ2) is 22.4.